The molecular weight excluding hydrogens is 416 g/mol. The number of amides is 1. The Kier molecular flexibility index (Phi) is 7.58. The molecule has 7 nitrogen and oxygen atoms in total. The van der Waals surface area contributed by atoms with Crippen LogP contribution in [0.15, 0.2) is 48.5 Å². The Morgan fingerprint density at radius 3 is 2.09 bits per heavy atom. The van der Waals surface area contributed by atoms with Gasteiger partial charge in [-0.2, -0.15) is 0 Å². The first-order valence-electron chi connectivity index (χ1n) is 10.9. The van der Waals surface area contributed by atoms with Crippen molar-refractivity contribution in [2.75, 3.05) is 5.32 Å². The Hall–Kier alpha value is -3.55. The fraction of sp³-hybridized carbons (Fsp3) is 0.269. The highest BCUT2D eigenvalue weighted by Crippen LogP contribution is 2.36. The van der Waals surface area contributed by atoms with E-state index in [9.17, 15) is 9.59 Å². The van der Waals surface area contributed by atoms with E-state index in [1.165, 1.54) is 24.3 Å². The molecule has 6 N–H and O–H groups in total. The molecule has 0 spiro atoms. The quantitative estimate of drug-likeness (QED) is 0.411. The van der Waals surface area contributed by atoms with Gasteiger partial charge >= 0.3 is 5.97 Å². The lowest BCUT2D eigenvalue weighted by molar-refractivity contribution is 0.0696. The van der Waals surface area contributed by atoms with Crippen LogP contribution in [0.5, 0.6) is 0 Å². The molecule has 0 saturated carbocycles. The smallest absolute Gasteiger partial charge is 0.335 e. The van der Waals surface area contributed by atoms with Crippen LogP contribution in [0.25, 0.3) is 11.1 Å². The van der Waals surface area contributed by atoms with Crippen molar-refractivity contribution in [3.05, 3.63) is 82.2 Å². The van der Waals surface area contributed by atoms with Crippen molar-refractivity contribution < 1.29 is 14.7 Å². The molecule has 3 rings (SSSR count). The highest BCUT2D eigenvalue weighted by molar-refractivity contribution is 6.07. The lowest BCUT2D eigenvalue weighted by atomic mass is 9.92. The number of hydrogen-bond acceptors (Lipinski definition) is 5. The predicted molar refractivity (Wildman–Crippen MR) is 130 cm³/mol. The summed E-state index contributed by atoms with van der Waals surface area (Å²) in [7, 11) is 0. The number of carbonyl (C=O) groups is 2. The zero-order chi connectivity index (χ0) is 24.1. The maximum Gasteiger partial charge on any atom is 0.335 e. The van der Waals surface area contributed by atoms with Crippen LogP contribution in [-0.2, 0) is 19.5 Å². The maximum atomic E-state index is 13.1. The Balaban J connectivity index is 2.12. The predicted octanol–water partition coefficient (Wildman–Crippen LogP) is 4.12. The number of aromatic carboxylic acids is 1. The average Bonchev–Trinajstić information content (AvgIpc) is 2.80. The second-order valence-corrected chi connectivity index (χ2v) is 8.41. The summed E-state index contributed by atoms with van der Waals surface area (Å²) >= 11 is 0. The van der Waals surface area contributed by atoms with E-state index in [-0.39, 0.29) is 18.0 Å². The number of pyridine rings is 1. The number of carboxylic acid groups (broad SMARTS) is 1. The summed E-state index contributed by atoms with van der Waals surface area (Å²) in [4.78, 5) is 29.0. The molecule has 33 heavy (non-hydrogen) atoms. The number of nitrogens with one attached hydrogen (secondary N) is 1. The Labute approximate surface area is 193 Å². The Morgan fingerprint density at radius 2 is 1.58 bits per heavy atom. The van der Waals surface area contributed by atoms with Gasteiger partial charge < -0.3 is 21.9 Å². The summed E-state index contributed by atoms with van der Waals surface area (Å²) in [5.74, 6) is -1.00. The van der Waals surface area contributed by atoms with Crippen molar-refractivity contribution in [3.8, 4) is 11.1 Å². The average molecular weight is 447 g/mol. The van der Waals surface area contributed by atoms with Crippen molar-refractivity contribution in [1.29, 1.82) is 0 Å². The minimum Gasteiger partial charge on any atom is -0.478 e. The molecule has 7 heteroatoms. The van der Waals surface area contributed by atoms with Crippen LogP contribution >= 0.6 is 0 Å². The molecule has 0 fully saturated rings. The van der Waals surface area contributed by atoms with Crippen LogP contribution < -0.4 is 16.8 Å². The third kappa shape index (κ3) is 5.45. The van der Waals surface area contributed by atoms with Crippen LogP contribution in [0, 0.1) is 12.8 Å². The summed E-state index contributed by atoms with van der Waals surface area (Å²) in [6.07, 6.45) is 0.770. The highest BCUT2D eigenvalue weighted by Gasteiger charge is 2.21. The van der Waals surface area contributed by atoms with Crippen molar-refractivity contribution in [1.82, 2.24) is 4.98 Å². The highest BCUT2D eigenvalue weighted by atomic mass is 16.4. The van der Waals surface area contributed by atoms with Gasteiger partial charge in [0.05, 0.1) is 16.9 Å². The van der Waals surface area contributed by atoms with E-state index in [1.807, 2.05) is 31.2 Å². The number of nitrogens with two attached hydrogens (primary N) is 2. The van der Waals surface area contributed by atoms with E-state index in [2.05, 4.69) is 19.2 Å². The van der Waals surface area contributed by atoms with Gasteiger partial charge in [0.25, 0.3) is 5.91 Å². The molecule has 1 amide bonds. The number of aromatic nitrogens is 1. The summed E-state index contributed by atoms with van der Waals surface area (Å²) in [5.41, 5.74) is 18.3. The van der Waals surface area contributed by atoms with Gasteiger partial charge in [0.1, 0.15) is 0 Å². The second kappa shape index (κ2) is 10.4. The van der Waals surface area contributed by atoms with Gasteiger partial charge in [0.2, 0.25) is 0 Å². The number of carboxylic acids is 1. The van der Waals surface area contributed by atoms with Gasteiger partial charge in [0.15, 0.2) is 0 Å². The molecule has 0 bridgehead atoms. The number of nitrogens with zero attached hydrogens (tertiary/aromatic N) is 1. The van der Waals surface area contributed by atoms with E-state index >= 15 is 0 Å². The third-order valence-electron chi connectivity index (χ3n) is 5.48. The summed E-state index contributed by atoms with van der Waals surface area (Å²) in [6, 6.07) is 13.7. The normalized spacial score (nSPS) is 11.0. The monoisotopic (exact) mass is 446 g/mol. The molecular formula is C26H30N4O3. The number of anilines is 1. The molecule has 1 heterocycles. The van der Waals surface area contributed by atoms with E-state index in [4.69, 9.17) is 21.6 Å². The molecule has 3 aromatic rings. The van der Waals surface area contributed by atoms with Gasteiger partial charge in [0, 0.05) is 29.9 Å². The number of aryl methyl sites for hydroxylation is 1. The van der Waals surface area contributed by atoms with Gasteiger partial charge in [-0.1, -0.05) is 38.1 Å². The zero-order valence-electron chi connectivity index (χ0n) is 19.2. The van der Waals surface area contributed by atoms with Crippen LogP contribution in [0.3, 0.4) is 0 Å². The molecule has 0 aliphatic rings. The molecule has 172 valence electrons. The molecule has 0 atom stereocenters. The zero-order valence-corrected chi connectivity index (χ0v) is 19.2. The van der Waals surface area contributed by atoms with E-state index < -0.39 is 5.97 Å². The topological polar surface area (TPSA) is 131 Å². The van der Waals surface area contributed by atoms with Gasteiger partial charge in [-0.05, 0) is 60.2 Å². The maximum absolute atomic E-state index is 13.1. The van der Waals surface area contributed by atoms with Crippen molar-refractivity contribution in [3.63, 3.8) is 0 Å². The molecule has 1 aromatic heterocycles. The second-order valence-electron chi connectivity index (χ2n) is 8.41. The van der Waals surface area contributed by atoms with Crippen molar-refractivity contribution in [2.24, 2.45) is 17.4 Å². The lowest BCUT2D eigenvalue weighted by Crippen LogP contribution is -2.18. The SMILES string of the molecule is Cc1nc(CC(C)C)c(CN)c(-c2ccc(CN)cc2)c1NC(=O)c1ccc(C(=O)O)cc1. The number of carbonyl (C=O) groups excluding carboxylic acids is 1. The molecule has 0 aliphatic heterocycles. The third-order valence-corrected chi connectivity index (χ3v) is 5.48. The summed E-state index contributed by atoms with van der Waals surface area (Å²) in [6.45, 7) is 6.84. The number of benzene rings is 2. The first kappa shape index (κ1) is 24.1. The molecule has 0 saturated heterocycles. The minimum absolute atomic E-state index is 0.119. The standard InChI is InChI=1S/C26H30N4O3/c1-15(2)12-22-21(14-28)23(18-6-4-17(13-27)5-7-18)24(16(3)29-22)30-25(31)19-8-10-20(11-9-19)26(32)33/h4-11,15H,12-14,27-28H2,1-3H3,(H,30,31)(H,32,33). The van der Waals surface area contributed by atoms with Gasteiger partial charge in [-0.25, -0.2) is 4.79 Å². The van der Waals surface area contributed by atoms with Crippen LogP contribution in [0.4, 0.5) is 5.69 Å². The van der Waals surface area contributed by atoms with Gasteiger partial charge in [-0.3, -0.25) is 9.78 Å². The van der Waals surface area contributed by atoms with E-state index in [0.717, 1.165) is 34.4 Å². The lowest BCUT2D eigenvalue weighted by Gasteiger charge is -2.21. The molecule has 0 unspecified atom stereocenters. The van der Waals surface area contributed by atoms with Crippen LogP contribution in [0.1, 0.15) is 57.1 Å². The molecule has 0 aliphatic carbocycles. The fourth-order valence-electron chi connectivity index (χ4n) is 3.81. The van der Waals surface area contributed by atoms with E-state index in [1.54, 1.807) is 0 Å². The van der Waals surface area contributed by atoms with Crippen molar-refractivity contribution >= 4 is 17.6 Å². The largest absolute Gasteiger partial charge is 0.478 e. The Bertz CT molecular complexity index is 1150. The summed E-state index contributed by atoms with van der Waals surface area (Å²) < 4.78 is 0. The minimum atomic E-state index is -1.04. The fourth-order valence-corrected chi connectivity index (χ4v) is 3.81. The Morgan fingerprint density at radius 1 is 0.970 bits per heavy atom. The first-order chi connectivity index (χ1) is 15.7. The van der Waals surface area contributed by atoms with Crippen molar-refractivity contribution in [2.45, 2.75) is 40.3 Å². The van der Waals surface area contributed by atoms with E-state index in [0.29, 0.717) is 29.4 Å². The van der Waals surface area contributed by atoms with Gasteiger partial charge in [-0.15, -0.1) is 0 Å². The summed E-state index contributed by atoms with van der Waals surface area (Å²) in [5, 5.41) is 12.1. The molecule has 0 radical (unpaired) electrons. The van der Waals surface area contributed by atoms with Crippen LogP contribution in [0.2, 0.25) is 0 Å². The van der Waals surface area contributed by atoms with Crippen LogP contribution in [-0.4, -0.2) is 22.0 Å². The number of hydrogen-bond donors (Lipinski definition) is 4. The first-order valence-corrected chi connectivity index (χ1v) is 10.9. The molecule has 2 aromatic carbocycles. The number of rotatable bonds is 8.